The van der Waals surface area contributed by atoms with E-state index in [-0.39, 0.29) is 0 Å². The van der Waals surface area contributed by atoms with E-state index in [0.717, 1.165) is 38.0 Å². The van der Waals surface area contributed by atoms with Gasteiger partial charge in [-0.05, 0) is 46.1 Å². The van der Waals surface area contributed by atoms with Crippen molar-refractivity contribution in [3.8, 4) is 0 Å². The van der Waals surface area contributed by atoms with E-state index < -0.39 is 0 Å². The molecule has 1 atom stereocenters. The SMILES string of the molecule is CNCC(CNCCN(C)C)C(C)C. The zero-order valence-electron chi connectivity index (χ0n) is 10.4. The summed E-state index contributed by atoms with van der Waals surface area (Å²) in [4.78, 5) is 2.20. The second-order valence-corrected chi connectivity index (χ2v) is 4.57. The Labute approximate surface area is 89.2 Å². The molecule has 0 heterocycles. The third kappa shape index (κ3) is 7.30. The Hall–Kier alpha value is -0.120. The second-order valence-electron chi connectivity index (χ2n) is 4.57. The lowest BCUT2D eigenvalue weighted by Crippen LogP contribution is -2.36. The summed E-state index contributed by atoms with van der Waals surface area (Å²) in [7, 11) is 6.24. The molecule has 0 radical (unpaired) electrons. The summed E-state index contributed by atoms with van der Waals surface area (Å²) in [6.45, 7) is 8.99. The molecule has 0 saturated carbocycles. The molecule has 0 aliphatic heterocycles. The predicted molar refractivity (Wildman–Crippen MR) is 63.7 cm³/mol. The van der Waals surface area contributed by atoms with Crippen LogP contribution >= 0.6 is 0 Å². The van der Waals surface area contributed by atoms with Crippen molar-refractivity contribution in [3.63, 3.8) is 0 Å². The molecule has 2 N–H and O–H groups in total. The molecule has 0 rings (SSSR count). The first-order valence-electron chi connectivity index (χ1n) is 5.58. The van der Waals surface area contributed by atoms with Gasteiger partial charge in [-0.25, -0.2) is 0 Å². The number of nitrogens with one attached hydrogen (secondary N) is 2. The van der Waals surface area contributed by atoms with Crippen molar-refractivity contribution >= 4 is 0 Å². The molecule has 0 amide bonds. The van der Waals surface area contributed by atoms with E-state index in [1.54, 1.807) is 0 Å². The third-order valence-electron chi connectivity index (χ3n) is 2.55. The van der Waals surface area contributed by atoms with Crippen molar-refractivity contribution in [1.82, 2.24) is 15.5 Å². The largest absolute Gasteiger partial charge is 0.319 e. The summed E-state index contributed by atoms with van der Waals surface area (Å²) in [6.07, 6.45) is 0. The summed E-state index contributed by atoms with van der Waals surface area (Å²) in [6, 6.07) is 0. The Morgan fingerprint density at radius 1 is 1.14 bits per heavy atom. The van der Waals surface area contributed by atoms with Crippen molar-refractivity contribution in [2.24, 2.45) is 11.8 Å². The van der Waals surface area contributed by atoms with Gasteiger partial charge in [-0.2, -0.15) is 0 Å². The van der Waals surface area contributed by atoms with Crippen LogP contribution in [0.2, 0.25) is 0 Å². The van der Waals surface area contributed by atoms with Crippen LogP contribution in [0.25, 0.3) is 0 Å². The van der Waals surface area contributed by atoms with Gasteiger partial charge in [-0.15, -0.1) is 0 Å². The van der Waals surface area contributed by atoms with Crippen molar-refractivity contribution in [2.45, 2.75) is 13.8 Å². The molecule has 86 valence electrons. The third-order valence-corrected chi connectivity index (χ3v) is 2.55. The lowest BCUT2D eigenvalue weighted by Gasteiger charge is -2.21. The maximum absolute atomic E-state index is 3.50. The number of likely N-dealkylation sites (N-methyl/N-ethyl adjacent to an activating group) is 1. The number of nitrogens with zero attached hydrogens (tertiary/aromatic N) is 1. The van der Waals surface area contributed by atoms with Crippen molar-refractivity contribution < 1.29 is 0 Å². The first-order chi connectivity index (χ1) is 6.57. The number of rotatable bonds is 8. The van der Waals surface area contributed by atoms with Crippen LogP contribution in [-0.2, 0) is 0 Å². The van der Waals surface area contributed by atoms with Gasteiger partial charge in [0.15, 0.2) is 0 Å². The maximum atomic E-state index is 3.50. The standard InChI is InChI=1S/C11H27N3/c1-10(2)11(8-12-3)9-13-6-7-14(4)5/h10-13H,6-9H2,1-5H3. The normalized spacial score (nSPS) is 13.9. The molecular weight excluding hydrogens is 174 g/mol. The van der Waals surface area contributed by atoms with Crippen LogP contribution in [0, 0.1) is 11.8 Å². The van der Waals surface area contributed by atoms with Crippen molar-refractivity contribution in [1.29, 1.82) is 0 Å². The summed E-state index contributed by atoms with van der Waals surface area (Å²) in [5, 5.41) is 6.75. The Balaban J connectivity index is 3.50. The zero-order valence-corrected chi connectivity index (χ0v) is 10.4. The molecule has 0 aromatic carbocycles. The van der Waals surface area contributed by atoms with Gasteiger partial charge < -0.3 is 15.5 Å². The van der Waals surface area contributed by atoms with E-state index in [1.165, 1.54) is 0 Å². The van der Waals surface area contributed by atoms with E-state index in [1.807, 2.05) is 7.05 Å². The van der Waals surface area contributed by atoms with Gasteiger partial charge >= 0.3 is 0 Å². The molecule has 0 spiro atoms. The van der Waals surface area contributed by atoms with Gasteiger partial charge in [0, 0.05) is 13.1 Å². The molecule has 0 saturated heterocycles. The quantitative estimate of drug-likeness (QED) is 0.564. The van der Waals surface area contributed by atoms with E-state index in [2.05, 4.69) is 43.5 Å². The summed E-state index contributed by atoms with van der Waals surface area (Å²) in [5.74, 6) is 1.48. The zero-order chi connectivity index (χ0) is 11.0. The highest BCUT2D eigenvalue weighted by Crippen LogP contribution is 2.07. The van der Waals surface area contributed by atoms with Gasteiger partial charge in [-0.3, -0.25) is 0 Å². The molecule has 3 heteroatoms. The Kier molecular flexibility index (Phi) is 8.14. The molecule has 0 aliphatic rings. The smallest absolute Gasteiger partial charge is 0.0101 e. The molecule has 0 aliphatic carbocycles. The average molecular weight is 201 g/mol. The highest BCUT2D eigenvalue weighted by molar-refractivity contribution is 4.68. The van der Waals surface area contributed by atoms with Gasteiger partial charge in [-0.1, -0.05) is 13.8 Å². The minimum atomic E-state index is 0.738. The lowest BCUT2D eigenvalue weighted by atomic mass is 9.96. The van der Waals surface area contributed by atoms with Crippen LogP contribution in [0.3, 0.4) is 0 Å². The highest BCUT2D eigenvalue weighted by Gasteiger charge is 2.11. The molecular formula is C11H27N3. The predicted octanol–water partition coefficient (Wildman–Crippen LogP) is 0.629. The minimum Gasteiger partial charge on any atom is -0.319 e. The van der Waals surface area contributed by atoms with Gasteiger partial charge in [0.05, 0.1) is 0 Å². The number of hydrogen-bond donors (Lipinski definition) is 2. The fourth-order valence-corrected chi connectivity index (χ4v) is 1.40. The summed E-state index contributed by atoms with van der Waals surface area (Å²) >= 11 is 0. The fourth-order valence-electron chi connectivity index (χ4n) is 1.40. The summed E-state index contributed by atoms with van der Waals surface area (Å²) in [5.41, 5.74) is 0. The van der Waals surface area contributed by atoms with Gasteiger partial charge in [0.25, 0.3) is 0 Å². The van der Waals surface area contributed by atoms with E-state index in [0.29, 0.717) is 0 Å². The average Bonchev–Trinajstić information content (AvgIpc) is 2.09. The van der Waals surface area contributed by atoms with Crippen LogP contribution in [-0.4, -0.2) is 52.2 Å². The van der Waals surface area contributed by atoms with Crippen LogP contribution < -0.4 is 10.6 Å². The summed E-state index contributed by atoms with van der Waals surface area (Å²) < 4.78 is 0. The topological polar surface area (TPSA) is 27.3 Å². The van der Waals surface area contributed by atoms with Gasteiger partial charge in [0.2, 0.25) is 0 Å². The van der Waals surface area contributed by atoms with E-state index in [4.69, 9.17) is 0 Å². The van der Waals surface area contributed by atoms with Crippen LogP contribution in [0.15, 0.2) is 0 Å². The highest BCUT2D eigenvalue weighted by atomic mass is 15.1. The van der Waals surface area contributed by atoms with E-state index in [9.17, 15) is 0 Å². The molecule has 14 heavy (non-hydrogen) atoms. The molecule has 0 aromatic rings. The van der Waals surface area contributed by atoms with E-state index >= 15 is 0 Å². The Bertz CT molecular complexity index is 124. The molecule has 3 nitrogen and oxygen atoms in total. The van der Waals surface area contributed by atoms with Crippen LogP contribution in [0.4, 0.5) is 0 Å². The monoisotopic (exact) mass is 201 g/mol. The Morgan fingerprint density at radius 2 is 1.79 bits per heavy atom. The first-order valence-corrected chi connectivity index (χ1v) is 5.58. The Morgan fingerprint density at radius 3 is 2.21 bits per heavy atom. The maximum Gasteiger partial charge on any atom is 0.0101 e. The van der Waals surface area contributed by atoms with Gasteiger partial charge in [0.1, 0.15) is 0 Å². The number of hydrogen-bond acceptors (Lipinski definition) is 3. The first kappa shape index (κ1) is 13.9. The minimum absolute atomic E-state index is 0.738. The van der Waals surface area contributed by atoms with Crippen LogP contribution in [0.5, 0.6) is 0 Å². The molecule has 0 fully saturated rings. The fraction of sp³-hybridized carbons (Fsp3) is 1.00. The lowest BCUT2D eigenvalue weighted by molar-refractivity contribution is 0.337. The molecule has 1 unspecified atom stereocenters. The molecule has 0 aromatic heterocycles. The van der Waals surface area contributed by atoms with Crippen molar-refractivity contribution in [3.05, 3.63) is 0 Å². The second kappa shape index (κ2) is 8.21. The van der Waals surface area contributed by atoms with Crippen LogP contribution in [0.1, 0.15) is 13.8 Å². The molecule has 0 bridgehead atoms. The van der Waals surface area contributed by atoms with Crippen molar-refractivity contribution in [2.75, 3.05) is 47.3 Å².